The van der Waals surface area contributed by atoms with Crippen LogP contribution in [0.15, 0.2) is 18.2 Å². The number of hydrogen-bond acceptors (Lipinski definition) is 3. The number of rotatable bonds is 4. The Labute approximate surface area is 129 Å². The third kappa shape index (κ3) is 3.14. The van der Waals surface area contributed by atoms with Crippen molar-refractivity contribution in [3.63, 3.8) is 0 Å². The molecule has 0 atom stereocenters. The summed E-state index contributed by atoms with van der Waals surface area (Å²) in [5, 5.41) is 22.3. The summed E-state index contributed by atoms with van der Waals surface area (Å²) in [5.41, 5.74) is -0.193. The number of nitriles is 1. The van der Waals surface area contributed by atoms with Gasteiger partial charge in [-0.25, -0.2) is 4.79 Å². The fourth-order valence-corrected chi connectivity index (χ4v) is 3.19. The number of carboxylic acids is 1. The highest BCUT2D eigenvalue weighted by molar-refractivity contribution is 6.32. The lowest BCUT2D eigenvalue weighted by molar-refractivity contribution is -0.143. The zero-order valence-electron chi connectivity index (χ0n) is 12.0. The summed E-state index contributed by atoms with van der Waals surface area (Å²) in [6.45, 7) is 2.14. The molecule has 1 aliphatic carbocycles. The first kappa shape index (κ1) is 15.7. The number of anilines is 1. The van der Waals surface area contributed by atoms with Crippen molar-refractivity contribution < 1.29 is 9.90 Å². The molecule has 112 valence electrons. The minimum Gasteiger partial charge on any atom is -0.480 e. The first-order valence-corrected chi connectivity index (χ1v) is 7.60. The molecule has 0 aliphatic heterocycles. The highest BCUT2D eigenvalue weighted by Gasteiger charge is 2.42. The molecule has 1 saturated carbocycles. The Morgan fingerprint density at radius 3 is 2.71 bits per heavy atom. The van der Waals surface area contributed by atoms with Gasteiger partial charge in [0.25, 0.3) is 0 Å². The third-order valence-electron chi connectivity index (χ3n) is 4.44. The lowest BCUT2D eigenvalue weighted by Gasteiger charge is -2.38. The monoisotopic (exact) mass is 306 g/mol. The Balaban J connectivity index is 2.29. The van der Waals surface area contributed by atoms with Crippen molar-refractivity contribution in [1.29, 1.82) is 5.26 Å². The number of carbonyl (C=O) groups is 1. The van der Waals surface area contributed by atoms with Crippen LogP contribution in [-0.2, 0) is 4.79 Å². The maximum Gasteiger partial charge on any atom is 0.329 e. The van der Waals surface area contributed by atoms with E-state index in [1.807, 2.05) is 6.07 Å². The van der Waals surface area contributed by atoms with E-state index < -0.39 is 11.5 Å². The van der Waals surface area contributed by atoms with Crippen molar-refractivity contribution in [2.24, 2.45) is 5.92 Å². The summed E-state index contributed by atoms with van der Waals surface area (Å²) in [4.78, 5) is 11.8. The maximum atomic E-state index is 11.8. The Morgan fingerprint density at radius 2 is 2.19 bits per heavy atom. The second-order valence-electron chi connectivity index (χ2n) is 5.64. The predicted molar refractivity (Wildman–Crippen MR) is 82.4 cm³/mol. The van der Waals surface area contributed by atoms with Crippen molar-refractivity contribution in [2.45, 2.75) is 44.6 Å². The normalized spacial score (nSPS) is 25.1. The van der Waals surface area contributed by atoms with Gasteiger partial charge in [-0.2, -0.15) is 5.26 Å². The Hall–Kier alpha value is -1.73. The van der Waals surface area contributed by atoms with Gasteiger partial charge in [-0.1, -0.05) is 31.0 Å². The number of nitrogens with zero attached hydrogens (tertiary/aromatic N) is 1. The zero-order valence-corrected chi connectivity index (χ0v) is 12.8. The summed E-state index contributed by atoms with van der Waals surface area (Å²) in [6, 6.07) is 7.10. The van der Waals surface area contributed by atoms with Crippen molar-refractivity contribution in [2.75, 3.05) is 5.32 Å². The van der Waals surface area contributed by atoms with E-state index in [1.165, 1.54) is 0 Å². The van der Waals surface area contributed by atoms with Crippen molar-refractivity contribution >= 4 is 23.3 Å². The molecule has 0 aromatic heterocycles. The predicted octanol–water partition coefficient (Wildman–Crippen LogP) is 4.05. The molecule has 0 saturated heterocycles. The molecule has 1 aliphatic rings. The van der Waals surface area contributed by atoms with Crippen LogP contribution in [-0.4, -0.2) is 16.6 Å². The van der Waals surface area contributed by atoms with Gasteiger partial charge in [-0.15, -0.1) is 0 Å². The Kier molecular flexibility index (Phi) is 4.74. The van der Waals surface area contributed by atoms with Crippen LogP contribution in [0.4, 0.5) is 5.69 Å². The van der Waals surface area contributed by atoms with E-state index >= 15 is 0 Å². The number of nitrogens with one attached hydrogen (secondary N) is 1. The van der Waals surface area contributed by atoms with Crippen LogP contribution in [0.3, 0.4) is 0 Å². The number of benzene rings is 1. The van der Waals surface area contributed by atoms with E-state index in [4.69, 9.17) is 11.6 Å². The van der Waals surface area contributed by atoms with Crippen molar-refractivity contribution in [3.8, 4) is 6.07 Å². The molecular formula is C16H19ClN2O2. The van der Waals surface area contributed by atoms with Crippen LogP contribution in [0, 0.1) is 17.2 Å². The Morgan fingerprint density at radius 1 is 1.52 bits per heavy atom. The summed E-state index contributed by atoms with van der Waals surface area (Å²) in [6.07, 6.45) is 3.99. The average Bonchev–Trinajstić information content (AvgIpc) is 2.48. The largest absolute Gasteiger partial charge is 0.480 e. The van der Waals surface area contributed by atoms with Gasteiger partial charge in [-0.05, 0) is 43.7 Å². The van der Waals surface area contributed by atoms with Crippen molar-refractivity contribution in [1.82, 2.24) is 0 Å². The van der Waals surface area contributed by atoms with Crippen molar-refractivity contribution in [3.05, 3.63) is 28.8 Å². The van der Waals surface area contributed by atoms with Crippen LogP contribution < -0.4 is 5.32 Å². The fraction of sp³-hybridized carbons (Fsp3) is 0.500. The van der Waals surface area contributed by atoms with Crippen LogP contribution in [0.25, 0.3) is 0 Å². The number of aliphatic carboxylic acids is 1. The highest BCUT2D eigenvalue weighted by atomic mass is 35.5. The molecule has 0 spiro atoms. The standard InChI is InChI=1S/C16H19ClN2O2/c1-2-11-6-8-16(9-7-11,15(20)21)19-14-5-3-4-13(17)12(14)10-18/h3-5,11,19H,2,6-9H2,1H3,(H,20,21). The first-order valence-electron chi connectivity index (χ1n) is 7.22. The van der Waals surface area contributed by atoms with E-state index in [0.717, 1.165) is 19.3 Å². The smallest absolute Gasteiger partial charge is 0.329 e. The van der Waals surface area contributed by atoms with E-state index in [0.29, 0.717) is 35.0 Å². The van der Waals surface area contributed by atoms with Gasteiger partial charge in [0.15, 0.2) is 0 Å². The molecule has 1 aromatic rings. The van der Waals surface area contributed by atoms with Gasteiger partial charge in [0.2, 0.25) is 0 Å². The van der Waals surface area contributed by atoms with Crippen LogP contribution in [0.1, 0.15) is 44.6 Å². The second kappa shape index (κ2) is 6.36. The molecule has 21 heavy (non-hydrogen) atoms. The Bertz CT molecular complexity index is 572. The topological polar surface area (TPSA) is 73.1 Å². The van der Waals surface area contributed by atoms with Gasteiger partial charge < -0.3 is 10.4 Å². The minimum absolute atomic E-state index is 0.303. The molecule has 1 aromatic carbocycles. The molecule has 0 radical (unpaired) electrons. The number of hydrogen-bond donors (Lipinski definition) is 2. The van der Waals surface area contributed by atoms with Gasteiger partial charge in [0.05, 0.1) is 16.3 Å². The maximum absolute atomic E-state index is 11.8. The van der Waals surface area contributed by atoms with Crippen LogP contribution in [0.2, 0.25) is 5.02 Å². The third-order valence-corrected chi connectivity index (χ3v) is 4.76. The molecular weight excluding hydrogens is 288 g/mol. The molecule has 4 nitrogen and oxygen atoms in total. The van der Waals surface area contributed by atoms with Gasteiger partial charge in [0, 0.05) is 0 Å². The van der Waals surface area contributed by atoms with Gasteiger partial charge >= 0.3 is 5.97 Å². The molecule has 2 rings (SSSR count). The molecule has 0 heterocycles. The quantitative estimate of drug-likeness (QED) is 0.880. The van der Waals surface area contributed by atoms with E-state index in [2.05, 4.69) is 12.2 Å². The lowest BCUT2D eigenvalue weighted by Crippen LogP contribution is -2.49. The number of halogens is 1. The van der Waals surface area contributed by atoms with E-state index in [-0.39, 0.29) is 0 Å². The molecule has 0 unspecified atom stereocenters. The summed E-state index contributed by atoms with van der Waals surface area (Å²) in [5.74, 6) is -0.269. The van der Waals surface area contributed by atoms with E-state index in [9.17, 15) is 15.2 Å². The minimum atomic E-state index is -0.998. The lowest BCUT2D eigenvalue weighted by atomic mass is 9.75. The molecule has 1 fully saturated rings. The molecule has 0 amide bonds. The highest BCUT2D eigenvalue weighted by Crippen LogP contribution is 2.37. The zero-order chi connectivity index (χ0) is 15.5. The van der Waals surface area contributed by atoms with Gasteiger partial charge in [0.1, 0.15) is 11.6 Å². The SMILES string of the molecule is CCC1CCC(Nc2cccc(Cl)c2C#N)(C(=O)O)CC1. The molecule has 5 heteroatoms. The van der Waals surface area contributed by atoms with Gasteiger partial charge in [-0.3, -0.25) is 0 Å². The summed E-state index contributed by atoms with van der Waals surface area (Å²) in [7, 11) is 0. The average molecular weight is 307 g/mol. The number of carboxylic acid groups (broad SMARTS) is 1. The second-order valence-corrected chi connectivity index (χ2v) is 6.05. The van der Waals surface area contributed by atoms with Crippen LogP contribution in [0.5, 0.6) is 0 Å². The van der Waals surface area contributed by atoms with Crippen LogP contribution >= 0.6 is 11.6 Å². The summed E-state index contributed by atoms with van der Waals surface area (Å²) >= 11 is 6.01. The first-order chi connectivity index (χ1) is 10.0. The molecule has 2 N–H and O–H groups in total. The summed E-state index contributed by atoms with van der Waals surface area (Å²) < 4.78 is 0. The molecule has 0 bridgehead atoms. The fourth-order valence-electron chi connectivity index (χ4n) is 2.97. The van der Waals surface area contributed by atoms with E-state index in [1.54, 1.807) is 18.2 Å².